The van der Waals surface area contributed by atoms with Crippen molar-refractivity contribution in [2.24, 2.45) is 0 Å². The Kier molecular flexibility index (Phi) is 3.37. The average Bonchev–Trinajstić information content (AvgIpc) is 2.76. The predicted molar refractivity (Wildman–Crippen MR) is 66.9 cm³/mol. The summed E-state index contributed by atoms with van der Waals surface area (Å²) >= 11 is 5.98. The molecule has 1 aromatic rings. The first-order valence-corrected chi connectivity index (χ1v) is 6.62. The molecule has 3 rings (SSSR count). The molecule has 0 radical (unpaired) electrons. The van der Waals surface area contributed by atoms with Gasteiger partial charge in [0.15, 0.2) is 0 Å². The van der Waals surface area contributed by atoms with Crippen molar-refractivity contribution in [3.05, 3.63) is 17.5 Å². The van der Waals surface area contributed by atoms with Crippen LogP contribution in [0, 0.1) is 0 Å². The fourth-order valence-electron chi connectivity index (χ4n) is 2.66. The molecular formula is C12H16ClN3O2. The monoisotopic (exact) mass is 269 g/mol. The lowest BCUT2D eigenvalue weighted by molar-refractivity contribution is -0.0205. The van der Waals surface area contributed by atoms with Crippen LogP contribution >= 0.6 is 11.6 Å². The molecule has 6 heteroatoms. The summed E-state index contributed by atoms with van der Waals surface area (Å²) in [7, 11) is 0. The summed E-state index contributed by atoms with van der Waals surface area (Å²) in [5, 5.41) is 3.79. The smallest absolute Gasteiger partial charge is 0.236 e. The summed E-state index contributed by atoms with van der Waals surface area (Å²) in [6.45, 7) is 2.64. The number of hydrogen-bond acceptors (Lipinski definition) is 5. The summed E-state index contributed by atoms with van der Waals surface area (Å²) in [6.07, 6.45) is 6.02. The third kappa shape index (κ3) is 2.43. The topological polar surface area (TPSA) is 56.3 Å². The number of rotatable bonds is 2. The summed E-state index contributed by atoms with van der Waals surface area (Å²) in [5.74, 6) is 0.450. The molecule has 1 N–H and O–H groups in total. The Hall–Kier alpha value is -0.910. The van der Waals surface area contributed by atoms with Gasteiger partial charge in [0.1, 0.15) is 17.5 Å². The molecule has 98 valence electrons. The minimum Gasteiger partial charge on any atom is -0.471 e. The Morgan fingerprint density at radius 3 is 3.06 bits per heavy atom. The van der Waals surface area contributed by atoms with Gasteiger partial charge in [-0.1, -0.05) is 11.6 Å². The second kappa shape index (κ2) is 4.99. The van der Waals surface area contributed by atoms with E-state index in [2.05, 4.69) is 15.3 Å². The first-order valence-electron chi connectivity index (χ1n) is 6.24. The zero-order valence-electron chi connectivity index (χ0n) is 10.1. The molecule has 0 bridgehead atoms. The average molecular weight is 270 g/mol. The van der Waals surface area contributed by atoms with E-state index in [1.165, 1.54) is 6.33 Å². The lowest BCUT2D eigenvalue weighted by atomic mass is 9.89. The highest BCUT2D eigenvalue weighted by Crippen LogP contribution is 2.36. The van der Waals surface area contributed by atoms with Gasteiger partial charge in [0.25, 0.3) is 0 Å². The van der Waals surface area contributed by atoms with E-state index in [4.69, 9.17) is 21.1 Å². The number of halogens is 1. The van der Waals surface area contributed by atoms with Crippen LogP contribution in [0.2, 0.25) is 5.02 Å². The quantitative estimate of drug-likeness (QED) is 0.880. The molecule has 1 unspecified atom stereocenters. The van der Waals surface area contributed by atoms with Gasteiger partial charge in [-0.3, -0.25) is 0 Å². The van der Waals surface area contributed by atoms with Gasteiger partial charge in [0.2, 0.25) is 5.88 Å². The second-order valence-corrected chi connectivity index (χ2v) is 5.27. The Morgan fingerprint density at radius 2 is 2.28 bits per heavy atom. The van der Waals surface area contributed by atoms with E-state index in [0.29, 0.717) is 17.5 Å². The highest BCUT2D eigenvalue weighted by molar-refractivity contribution is 6.31. The van der Waals surface area contributed by atoms with Crippen LogP contribution in [0.3, 0.4) is 0 Å². The zero-order chi connectivity index (χ0) is 12.4. The fraction of sp³-hybridized carbons (Fsp3) is 0.667. The third-order valence-corrected chi connectivity index (χ3v) is 3.86. The van der Waals surface area contributed by atoms with Crippen LogP contribution in [0.1, 0.15) is 19.3 Å². The van der Waals surface area contributed by atoms with Gasteiger partial charge in [-0.25, -0.2) is 9.97 Å². The van der Waals surface area contributed by atoms with Crippen LogP contribution in [0.25, 0.3) is 0 Å². The minimum absolute atomic E-state index is 0.00454. The molecule has 18 heavy (non-hydrogen) atoms. The maximum Gasteiger partial charge on any atom is 0.236 e. The predicted octanol–water partition coefficient (Wildman–Crippen LogP) is 1.42. The maximum absolute atomic E-state index is 5.98. The molecule has 0 aliphatic carbocycles. The minimum atomic E-state index is -0.00454. The largest absolute Gasteiger partial charge is 0.471 e. The molecule has 1 spiro atoms. The molecule has 2 saturated heterocycles. The normalized spacial score (nSPS) is 26.4. The van der Waals surface area contributed by atoms with E-state index in [0.717, 1.165) is 32.4 Å². The molecule has 2 fully saturated rings. The van der Waals surface area contributed by atoms with Gasteiger partial charge in [-0.05, 0) is 25.9 Å². The van der Waals surface area contributed by atoms with Gasteiger partial charge in [-0.2, -0.15) is 0 Å². The molecule has 0 amide bonds. The first kappa shape index (κ1) is 12.1. The molecule has 2 aliphatic rings. The van der Waals surface area contributed by atoms with Crippen molar-refractivity contribution < 1.29 is 9.47 Å². The van der Waals surface area contributed by atoms with Crippen molar-refractivity contribution >= 4 is 11.6 Å². The number of aromatic nitrogens is 2. The Morgan fingerprint density at radius 1 is 1.44 bits per heavy atom. The summed E-state index contributed by atoms with van der Waals surface area (Å²) in [4.78, 5) is 7.88. The molecule has 1 atom stereocenters. The van der Waals surface area contributed by atoms with E-state index < -0.39 is 0 Å². The van der Waals surface area contributed by atoms with E-state index in [1.54, 1.807) is 6.20 Å². The molecule has 5 nitrogen and oxygen atoms in total. The van der Waals surface area contributed by atoms with Crippen molar-refractivity contribution in [2.45, 2.75) is 31.0 Å². The van der Waals surface area contributed by atoms with Crippen molar-refractivity contribution in [1.82, 2.24) is 15.3 Å². The van der Waals surface area contributed by atoms with Crippen molar-refractivity contribution in [2.75, 3.05) is 19.7 Å². The lowest BCUT2D eigenvalue weighted by Gasteiger charge is -2.32. The lowest BCUT2D eigenvalue weighted by Crippen LogP contribution is -2.41. The molecule has 1 aromatic heterocycles. The van der Waals surface area contributed by atoms with Gasteiger partial charge < -0.3 is 14.8 Å². The van der Waals surface area contributed by atoms with Gasteiger partial charge in [-0.15, -0.1) is 0 Å². The molecule has 0 aromatic carbocycles. The van der Waals surface area contributed by atoms with Gasteiger partial charge >= 0.3 is 0 Å². The number of ether oxygens (including phenoxy) is 2. The van der Waals surface area contributed by atoms with Crippen LogP contribution in [0.4, 0.5) is 0 Å². The van der Waals surface area contributed by atoms with E-state index in [9.17, 15) is 0 Å². The second-order valence-electron chi connectivity index (χ2n) is 4.86. The number of nitrogens with one attached hydrogen (secondary N) is 1. The van der Waals surface area contributed by atoms with Crippen LogP contribution in [0.5, 0.6) is 5.88 Å². The van der Waals surface area contributed by atoms with Crippen LogP contribution in [-0.4, -0.2) is 41.4 Å². The van der Waals surface area contributed by atoms with Crippen molar-refractivity contribution in [3.63, 3.8) is 0 Å². The highest BCUT2D eigenvalue weighted by Gasteiger charge is 2.42. The number of nitrogens with zero attached hydrogens (tertiary/aromatic N) is 2. The van der Waals surface area contributed by atoms with Crippen molar-refractivity contribution in [3.8, 4) is 5.88 Å². The van der Waals surface area contributed by atoms with Crippen LogP contribution in [0.15, 0.2) is 12.5 Å². The first-order chi connectivity index (χ1) is 8.77. The third-order valence-electron chi connectivity index (χ3n) is 3.60. The molecule has 3 heterocycles. The SMILES string of the molecule is Clc1cncnc1OC1COC2(CCNCC2)C1. The molecule has 0 saturated carbocycles. The maximum atomic E-state index is 5.98. The Labute approximate surface area is 111 Å². The Bertz CT molecular complexity index is 424. The van der Waals surface area contributed by atoms with E-state index in [-0.39, 0.29) is 11.7 Å². The zero-order valence-corrected chi connectivity index (χ0v) is 10.8. The van der Waals surface area contributed by atoms with E-state index in [1.807, 2.05) is 0 Å². The van der Waals surface area contributed by atoms with E-state index >= 15 is 0 Å². The number of piperidine rings is 1. The highest BCUT2D eigenvalue weighted by atomic mass is 35.5. The van der Waals surface area contributed by atoms with Gasteiger partial charge in [0.05, 0.1) is 18.4 Å². The summed E-state index contributed by atoms with van der Waals surface area (Å²) in [6, 6.07) is 0. The Balaban J connectivity index is 1.64. The van der Waals surface area contributed by atoms with Crippen LogP contribution in [-0.2, 0) is 4.74 Å². The standard InChI is InChI=1S/C12H16ClN3O2/c13-10-6-15-8-16-11(10)18-9-5-12(17-7-9)1-3-14-4-2-12/h6,8-9,14H,1-5,7H2. The molecular weight excluding hydrogens is 254 g/mol. The van der Waals surface area contributed by atoms with Gasteiger partial charge in [0, 0.05) is 6.42 Å². The summed E-state index contributed by atoms with van der Waals surface area (Å²) in [5.41, 5.74) is -0.00454. The van der Waals surface area contributed by atoms with Crippen molar-refractivity contribution in [1.29, 1.82) is 0 Å². The fourth-order valence-corrected chi connectivity index (χ4v) is 2.80. The summed E-state index contributed by atoms with van der Waals surface area (Å²) < 4.78 is 11.8. The number of hydrogen-bond donors (Lipinski definition) is 1. The molecule has 2 aliphatic heterocycles. The van der Waals surface area contributed by atoms with Crippen LogP contribution < -0.4 is 10.1 Å².